The third kappa shape index (κ3) is 6.00. The van der Waals surface area contributed by atoms with Crippen molar-refractivity contribution in [3.63, 3.8) is 0 Å². The molecule has 0 radical (unpaired) electrons. The molecular formula is C24H28F2N4O5S2. The lowest BCUT2D eigenvalue weighted by atomic mass is 10.0. The fraction of sp³-hybridized carbons (Fsp3) is 0.333. The summed E-state index contributed by atoms with van der Waals surface area (Å²) in [7, 11) is -1.42. The second-order valence-corrected chi connectivity index (χ2v) is 11.0. The van der Waals surface area contributed by atoms with Crippen molar-refractivity contribution in [2.75, 3.05) is 23.8 Å². The average Bonchev–Trinajstić information content (AvgIpc) is 3.33. The van der Waals surface area contributed by atoms with E-state index in [1.807, 2.05) is 25.8 Å². The normalized spacial score (nSPS) is 11.7. The van der Waals surface area contributed by atoms with Gasteiger partial charge in [0.05, 0.1) is 12.6 Å². The molecule has 0 aliphatic rings. The molecule has 2 aromatic carbocycles. The summed E-state index contributed by atoms with van der Waals surface area (Å²) in [5.41, 5.74) is 2.75. The molecule has 200 valence electrons. The van der Waals surface area contributed by atoms with Crippen LogP contribution in [0.1, 0.15) is 30.5 Å². The number of nitrogens with one attached hydrogen (secondary N) is 1. The van der Waals surface area contributed by atoms with Gasteiger partial charge >= 0.3 is 6.09 Å². The van der Waals surface area contributed by atoms with Gasteiger partial charge in [0.2, 0.25) is 0 Å². The van der Waals surface area contributed by atoms with Crippen LogP contribution in [-0.4, -0.2) is 49.7 Å². The Bertz CT molecular complexity index is 1380. The van der Waals surface area contributed by atoms with Gasteiger partial charge in [0.15, 0.2) is 5.82 Å². The van der Waals surface area contributed by atoms with E-state index in [0.717, 1.165) is 23.5 Å². The molecule has 1 amide bonds. The first-order valence-electron chi connectivity index (χ1n) is 11.1. The molecule has 0 atom stereocenters. The Kier molecular flexibility index (Phi) is 8.72. The highest BCUT2D eigenvalue weighted by Gasteiger charge is 2.35. The molecule has 1 heterocycles. The first-order valence-corrected chi connectivity index (χ1v) is 13.5. The summed E-state index contributed by atoms with van der Waals surface area (Å²) >= 11 is 0.994. The van der Waals surface area contributed by atoms with E-state index in [1.54, 1.807) is 6.07 Å². The minimum atomic E-state index is -4.81. The van der Waals surface area contributed by atoms with Gasteiger partial charge in [-0.3, -0.25) is 4.90 Å². The molecule has 3 rings (SSSR count). The summed E-state index contributed by atoms with van der Waals surface area (Å²) in [5, 5.41) is 13.7. The SMILES string of the molecule is COc1ccc(F)c(CNc2cc(F)c(S(=O)(=O)N(C(=O)O)c3cscn3)cc2C)c1CN(C)C(C)C. The molecule has 0 spiro atoms. The van der Waals surface area contributed by atoms with Crippen LogP contribution in [0, 0.1) is 18.6 Å². The van der Waals surface area contributed by atoms with Gasteiger partial charge < -0.3 is 15.2 Å². The zero-order chi connectivity index (χ0) is 27.5. The highest BCUT2D eigenvalue weighted by molar-refractivity contribution is 7.93. The zero-order valence-electron chi connectivity index (χ0n) is 20.9. The van der Waals surface area contributed by atoms with Crippen molar-refractivity contribution in [2.45, 2.75) is 44.8 Å². The number of hydrogen-bond acceptors (Lipinski definition) is 8. The molecule has 0 unspecified atom stereocenters. The monoisotopic (exact) mass is 554 g/mol. The van der Waals surface area contributed by atoms with E-state index in [4.69, 9.17) is 4.74 Å². The van der Waals surface area contributed by atoms with E-state index < -0.39 is 32.6 Å². The molecule has 0 bridgehead atoms. The van der Waals surface area contributed by atoms with Crippen molar-refractivity contribution < 1.29 is 31.8 Å². The molecule has 1 aromatic heterocycles. The summed E-state index contributed by atoms with van der Waals surface area (Å²) in [6.45, 7) is 5.92. The zero-order valence-corrected chi connectivity index (χ0v) is 22.6. The Hall–Kier alpha value is -3.29. The van der Waals surface area contributed by atoms with Gasteiger partial charge in [-0.2, -0.15) is 0 Å². The van der Waals surface area contributed by atoms with Crippen LogP contribution in [0.4, 0.5) is 25.1 Å². The van der Waals surface area contributed by atoms with Gasteiger partial charge in [0.1, 0.15) is 22.3 Å². The summed E-state index contributed by atoms with van der Waals surface area (Å²) in [4.78, 5) is 16.6. The standard InChI is InChI=1S/C24H28F2N4O5S2/c1-14(2)29(4)11-17-16(18(25)6-7-21(17)35-5)10-27-20-9-19(26)22(8-15(20)3)37(33,34)30(24(31)32)23-12-36-13-28-23/h6-9,12-14,27H,10-11H2,1-5H3,(H,31,32). The number of sulfonamides is 1. The second-order valence-electron chi connectivity index (χ2n) is 8.57. The topological polar surface area (TPSA) is 112 Å². The van der Waals surface area contributed by atoms with Crippen LogP contribution in [0.25, 0.3) is 0 Å². The maximum Gasteiger partial charge on any atom is 0.427 e. The lowest BCUT2D eigenvalue weighted by molar-refractivity contribution is 0.206. The fourth-order valence-electron chi connectivity index (χ4n) is 3.59. The maximum absolute atomic E-state index is 15.1. The van der Waals surface area contributed by atoms with Crippen LogP contribution >= 0.6 is 11.3 Å². The number of aromatic nitrogens is 1. The highest BCUT2D eigenvalue weighted by Crippen LogP contribution is 2.31. The number of carboxylic acid groups (broad SMARTS) is 1. The molecule has 0 fully saturated rings. The predicted octanol–water partition coefficient (Wildman–Crippen LogP) is 5.06. The number of anilines is 2. The number of carbonyl (C=O) groups is 1. The fourth-order valence-corrected chi connectivity index (χ4v) is 5.55. The largest absolute Gasteiger partial charge is 0.496 e. The molecular weight excluding hydrogens is 526 g/mol. The minimum absolute atomic E-state index is 0.0254. The molecule has 0 aliphatic heterocycles. The maximum atomic E-state index is 15.1. The summed E-state index contributed by atoms with van der Waals surface area (Å²) in [6, 6.07) is 5.00. The van der Waals surface area contributed by atoms with Gasteiger partial charge in [-0.15, -0.1) is 15.6 Å². The van der Waals surface area contributed by atoms with E-state index in [-0.39, 0.29) is 28.4 Å². The van der Waals surface area contributed by atoms with Crippen molar-refractivity contribution in [2.24, 2.45) is 0 Å². The van der Waals surface area contributed by atoms with Gasteiger partial charge in [-0.25, -0.2) is 27.0 Å². The smallest absolute Gasteiger partial charge is 0.427 e. The van der Waals surface area contributed by atoms with Crippen LogP contribution in [0.3, 0.4) is 0 Å². The minimum Gasteiger partial charge on any atom is -0.496 e. The first-order chi connectivity index (χ1) is 17.4. The van der Waals surface area contributed by atoms with Crippen LogP contribution in [0.2, 0.25) is 0 Å². The number of thiazole rings is 1. The number of ether oxygens (including phenoxy) is 1. The Balaban J connectivity index is 1.95. The molecule has 0 saturated carbocycles. The third-order valence-corrected chi connectivity index (χ3v) is 8.16. The highest BCUT2D eigenvalue weighted by atomic mass is 32.2. The van der Waals surface area contributed by atoms with E-state index in [2.05, 4.69) is 10.3 Å². The van der Waals surface area contributed by atoms with E-state index in [0.29, 0.717) is 29.0 Å². The number of methoxy groups -OCH3 is 1. The molecule has 3 aromatic rings. The number of benzene rings is 2. The molecule has 2 N–H and O–H groups in total. The van der Waals surface area contributed by atoms with Gasteiger partial charge in [0.25, 0.3) is 10.0 Å². The summed E-state index contributed by atoms with van der Waals surface area (Å²) < 4.78 is 61.5. The molecule has 13 heteroatoms. The van der Waals surface area contributed by atoms with Crippen LogP contribution in [-0.2, 0) is 23.1 Å². The van der Waals surface area contributed by atoms with E-state index in [1.165, 1.54) is 31.0 Å². The van der Waals surface area contributed by atoms with E-state index >= 15 is 4.39 Å². The van der Waals surface area contributed by atoms with Crippen molar-refractivity contribution in [1.29, 1.82) is 0 Å². The third-order valence-electron chi connectivity index (χ3n) is 5.89. The number of hydrogen-bond donors (Lipinski definition) is 2. The van der Waals surface area contributed by atoms with Crippen molar-refractivity contribution in [3.05, 3.63) is 63.5 Å². The Morgan fingerprint density at radius 3 is 2.49 bits per heavy atom. The van der Waals surface area contributed by atoms with Gasteiger partial charge in [-0.05, 0) is 57.6 Å². The number of nitrogens with zero attached hydrogens (tertiary/aromatic N) is 3. The average molecular weight is 555 g/mol. The Labute approximate surface area is 218 Å². The lowest BCUT2D eigenvalue weighted by Gasteiger charge is -2.24. The predicted molar refractivity (Wildman–Crippen MR) is 138 cm³/mol. The van der Waals surface area contributed by atoms with Gasteiger partial charge in [-0.1, -0.05) is 0 Å². The lowest BCUT2D eigenvalue weighted by Crippen LogP contribution is -2.36. The molecule has 9 nitrogen and oxygen atoms in total. The van der Waals surface area contributed by atoms with Crippen LogP contribution in [0.15, 0.2) is 40.1 Å². The Morgan fingerprint density at radius 1 is 1.22 bits per heavy atom. The van der Waals surface area contributed by atoms with E-state index in [9.17, 15) is 22.7 Å². The summed E-state index contributed by atoms with van der Waals surface area (Å²) in [5.74, 6) is -1.49. The van der Waals surface area contributed by atoms with Crippen molar-refractivity contribution in [1.82, 2.24) is 9.88 Å². The molecule has 0 aliphatic carbocycles. The van der Waals surface area contributed by atoms with Gasteiger partial charge in [0, 0.05) is 41.3 Å². The molecule has 0 saturated heterocycles. The molecule has 37 heavy (non-hydrogen) atoms. The van der Waals surface area contributed by atoms with Crippen LogP contribution in [0.5, 0.6) is 5.75 Å². The second kappa shape index (κ2) is 11.4. The number of rotatable bonds is 10. The summed E-state index contributed by atoms with van der Waals surface area (Å²) in [6.07, 6.45) is -1.82. The van der Waals surface area contributed by atoms with Crippen molar-refractivity contribution in [3.8, 4) is 5.75 Å². The number of aryl methyl sites for hydroxylation is 1. The Morgan fingerprint density at radius 2 is 1.92 bits per heavy atom. The quantitative estimate of drug-likeness (QED) is 0.358. The number of amides is 1. The van der Waals surface area contributed by atoms with Crippen LogP contribution < -0.4 is 14.4 Å². The first kappa shape index (κ1) is 28.3. The number of halogens is 2. The van der Waals surface area contributed by atoms with Crippen molar-refractivity contribution >= 4 is 39.0 Å².